The van der Waals surface area contributed by atoms with Crippen LogP contribution in [0.25, 0.3) is 0 Å². The zero-order valence-corrected chi connectivity index (χ0v) is 10.5. The van der Waals surface area contributed by atoms with Gasteiger partial charge in [-0.2, -0.15) is 0 Å². The Morgan fingerprint density at radius 2 is 1.88 bits per heavy atom. The molecule has 3 N–H and O–H groups in total. The molecule has 0 heterocycles. The molecule has 0 bridgehead atoms. The predicted octanol–water partition coefficient (Wildman–Crippen LogP) is 1.91. The summed E-state index contributed by atoms with van der Waals surface area (Å²) < 4.78 is 0. The smallest absolute Gasteiger partial charge is 0.251 e. The van der Waals surface area contributed by atoms with Crippen molar-refractivity contribution < 1.29 is 4.79 Å². The average molecular weight is 232 g/mol. The van der Waals surface area contributed by atoms with E-state index in [0.717, 1.165) is 36.0 Å². The lowest BCUT2D eigenvalue weighted by molar-refractivity contribution is 0.0837. The van der Waals surface area contributed by atoms with Gasteiger partial charge in [0.25, 0.3) is 5.91 Å². The summed E-state index contributed by atoms with van der Waals surface area (Å²) in [7, 11) is 0. The van der Waals surface area contributed by atoms with Crippen LogP contribution in [-0.4, -0.2) is 18.0 Å². The van der Waals surface area contributed by atoms with Gasteiger partial charge in [-0.3, -0.25) is 4.79 Å². The van der Waals surface area contributed by atoms with Gasteiger partial charge in [0.2, 0.25) is 0 Å². The number of benzene rings is 1. The van der Waals surface area contributed by atoms with Gasteiger partial charge in [0.15, 0.2) is 0 Å². The number of carbonyl (C=O) groups is 1. The molecule has 1 aliphatic carbocycles. The van der Waals surface area contributed by atoms with Crippen LogP contribution in [0.2, 0.25) is 0 Å². The van der Waals surface area contributed by atoms with Crippen molar-refractivity contribution in [2.24, 2.45) is 5.73 Å². The van der Waals surface area contributed by atoms with Gasteiger partial charge in [0.05, 0.1) is 5.54 Å². The summed E-state index contributed by atoms with van der Waals surface area (Å²) in [6.07, 6.45) is 3.16. The molecule has 3 heteroatoms. The second-order valence-electron chi connectivity index (χ2n) is 5.17. The molecule has 3 nitrogen and oxygen atoms in total. The fourth-order valence-electron chi connectivity index (χ4n) is 2.40. The molecule has 0 saturated heterocycles. The summed E-state index contributed by atoms with van der Waals surface area (Å²) in [4.78, 5) is 12.1. The Kier molecular flexibility index (Phi) is 3.20. The molecule has 0 atom stereocenters. The monoisotopic (exact) mass is 232 g/mol. The van der Waals surface area contributed by atoms with Crippen LogP contribution >= 0.6 is 0 Å². The third-order valence-electron chi connectivity index (χ3n) is 3.56. The van der Waals surface area contributed by atoms with E-state index in [1.54, 1.807) is 0 Å². The highest BCUT2D eigenvalue weighted by atomic mass is 16.1. The van der Waals surface area contributed by atoms with Crippen LogP contribution in [-0.2, 0) is 0 Å². The number of nitrogens with one attached hydrogen (secondary N) is 1. The van der Waals surface area contributed by atoms with Crippen molar-refractivity contribution in [1.29, 1.82) is 0 Å². The second kappa shape index (κ2) is 4.49. The third-order valence-corrected chi connectivity index (χ3v) is 3.56. The number of hydrogen-bond donors (Lipinski definition) is 2. The molecule has 92 valence electrons. The zero-order valence-electron chi connectivity index (χ0n) is 10.5. The van der Waals surface area contributed by atoms with Crippen LogP contribution in [0.5, 0.6) is 0 Å². The number of nitrogens with two attached hydrogens (primary N) is 1. The Labute approximate surface area is 102 Å². The van der Waals surface area contributed by atoms with Gasteiger partial charge < -0.3 is 11.1 Å². The molecule has 1 amide bonds. The molecule has 1 fully saturated rings. The summed E-state index contributed by atoms with van der Waals surface area (Å²) in [6.45, 7) is 4.54. The van der Waals surface area contributed by atoms with E-state index in [-0.39, 0.29) is 11.4 Å². The molecule has 0 radical (unpaired) electrons. The molecule has 1 aromatic rings. The zero-order chi connectivity index (χ0) is 12.5. The standard InChI is InChI=1S/C14H20N2O/c1-10-6-11(2)8-12(7-10)13(17)16-14(9-15)4-3-5-14/h6-8H,3-5,9,15H2,1-2H3,(H,16,17). The number of aryl methyl sites for hydroxylation is 2. The number of amides is 1. The van der Waals surface area contributed by atoms with Crippen molar-refractivity contribution >= 4 is 5.91 Å². The quantitative estimate of drug-likeness (QED) is 0.836. The Bertz CT molecular complexity index is 410. The first-order valence-electron chi connectivity index (χ1n) is 6.16. The van der Waals surface area contributed by atoms with Gasteiger partial charge in [0.1, 0.15) is 0 Å². The van der Waals surface area contributed by atoms with Gasteiger partial charge >= 0.3 is 0 Å². The maximum absolute atomic E-state index is 12.1. The Morgan fingerprint density at radius 1 is 1.29 bits per heavy atom. The SMILES string of the molecule is Cc1cc(C)cc(C(=O)NC2(CN)CCC2)c1. The maximum Gasteiger partial charge on any atom is 0.251 e. The van der Waals surface area contributed by atoms with E-state index in [2.05, 4.69) is 11.4 Å². The van der Waals surface area contributed by atoms with E-state index in [4.69, 9.17) is 5.73 Å². The van der Waals surface area contributed by atoms with Gasteiger partial charge in [-0.25, -0.2) is 0 Å². The van der Waals surface area contributed by atoms with Gasteiger partial charge in [-0.1, -0.05) is 17.2 Å². The van der Waals surface area contributed by atoms with Crippen molar-refractivity contribution in [3.8, 4) is 0 Å². The third kappa shape index (κ3) is 2.50. The Morgan fingerprint density at radius 3 is 2.29 bits per heavy atom. The maximum atomic E-state index is 12.1. The molecule has 0 aromatic heterocycles. The second-order valence-corrected chi connectivity index (χ2v) is 5.17. The van der Waals surface area contributed by atoms with E-state index < -0.39 is 0 Å². The minimum atomic E-state index is -0.144. The molecular formula is C14H20N2O. The molecule has 0 unspecified atom stereocenters. The van der Waals surface area contributed by atoms with Crippen molar-refractivity contribution in [3.63, 3.8) is 0 Å². The first-order chi connectivity index (χ1) is 8.04. The van der Waals surface area contributed by atoms with Gasteiger partial charge in [-0.05, 0) is 45.2 Å². The Balaban J connectivity index is 2.14. The van der Waals surface area contributed by atoms with Gasteiger partial charge in [-0.15, -0.1) is 0 Å². The lowest BCUT2D eigenvalue weighted by Crippen LogP contribution is -2.58. The molecule has 1 aromatic carbocycles. The van der Waals surface area contributed by atoms with Crippen molar-refractivity contribution in [3.05, 3.63) is 34.9 Å². The molecule has 0 aliphatic heterocycles. The van der Waals surface area contributed by atoms with E-state index in [1.807, 2.05) is 26.0 Å². The largest absolute Gasteiger partial charge is 0.345 e. The summed E-state index contributed by atoms with van der Waals surface area (Å²) in [6, 6.07) is 5.91. The van der Waals surface area contributed by atoms with E-state index in [9.17, 15) is 4.79 Å². The minimum absolute atomic E-state index is 0.00181. The van der Waals surface area contributed by atoms with Crippen LogP contribution in [0.1, 0.15) is 40.7 Å². The summed E-state index contributed by atoms with van der Waals surface area (Å²) in [5.74, 6) is 0.00181. The highest BCUT2D eigenvalue weighted by Gasteiger charge is 2.37. The predicted molar refractivity (Wildman–Crippen MR) is 69.0 cm³/mol. The average Bonchev–Trinajstić information content (AvgIpc) is 2.21. The fourth-order valence-corrected chi connectivity index (χ4v) is 2.40. The number of carbonyl (C=O) groups excluding carboxylic acids is 1. The molecule has 0 spiro atoms. The highest BCUT2D eigenvalue weighted by molar-refractivity contribution is 5.95. The van der Waals surface area contributed by atoms with Crippen molar-refractivity contribution in [2.45, 2.75) is 38.6 Å². The molecule has 1 saturated carbocycles. The molecule has 2 rings (SSSR count). The first-order valence-corrected chi connectivity index (χ1v) is 6.16. The lowest BCUT2D eigenvalue weighted by atomic mass is 9.76. The minimum Gasteiger partial charge on any atom is -0.345 e. The van der Waals surface area contributed by atoms with Crippen molar-refractivity contribution in [1.82, 2.24) is 5.32 Å². The van der Waals surface area contributed by atoms with E-state index in [1.165, 1.54) is 0 Å². The summed E-state index contributed by atoms with van der Waals surface area (Å²) in [5.41, 5.74) is 8.57. The van der Waals surface area contributed by atoms with Gasteiger partial charge in [0, 0.05) is 12.1 Å². The summed E-state index contributed by atoms with van der Waals surface area (Å²) >= 11 is 0. The topological polar surface area (TPSA) is 55.1 Å². The van der Waals surface area contributed by atoms with E-state index >= 15 is 0 Å². The van der Waals surface area contributed by atoms with E-state index in [0.29, 0.717) is 6.54 Å². The van der Waals surface area contributed by atoms with Crippen LogP contribution in [0, 0.1) is 13.8 Å². The summed E-state index contributed by atoms with van der Waals surface area (Å²) in [5, 5.41) is 3.09. The van der Waals surface area contributed by atoms with Crippen LogP contribution in [0.15, 0.2) is 18.2 Å². The molecular weight excluding hydrogens is 212 g/mol. The van der Waals surface area contributed by atoms with Crippen LogP contribution in [0.4, 0.5) is 0 Å². The fraction of sp³-hybridized carbons (Fsp3) is 0.500. The molecule has 17 heavy (non-hydrogen) atoms. The Hall–Kier alpha value is -1.35. The van der Waals surface area contributed by atoms with Crippen molar-refractivity contribution in [2.75, 3.05) is 6.54 Å². The highest BCUT2D eigenvalue weighted by Crippen LogP contribution is 2.31. The van der Waals surface area contributed by atoms with Crippen LogP contribution < -0.4 is 11.1 Å². The normalized spacial score (nSPS) is 17.4. The van der Waals surface area contributed by atoms with Crippen LogP contribution in [0.3, 0.4) is 0 Å². The molecule has 1 aliphatic rings. The number of rotatable bonds is 3. The number of hydrogen-bond acceptors (Lipinski definition) is 2. The first kappa shape index (κ1) is 12.1. The lowest BCUT2D eigenvalue weighted by Gasteiger charge is -2.41.